The Bertz CT molecular complexity index is 731. The summed E-state index contributed by atoms with van der Waals surface area (Å²) in [4.78, 5) is 20.1. The molecule has 5 N–H and O–H groups in total. The van der Waals surface area contributed by atoms with Crippen LogP contribution in [0.15, 0.2) is 16.2 Å². The number of allylic oxidation sites excluding steroid dienone is 1. The van der Waals surface area contributed by atoms with Crippen molar-refractivity contribution in [2.45, 2.75) is 76.2 Å². The third kappa shape index (κ3) is 5.13. The lowest BCUT2D eigenvalue weighted by molar-refractivity contribution is -0.129. The second-order valence-electron chi connectivity index (χ2n) is 9.58. The van der Waals surface area contributed by atoms with Gasteiger partial charge < -0.3 is 26.0 Å². The van der Waals surface area contributed by atoms with Gasteiger partial charge in [0.15, 0.2) is 0 Å². The second-order valence-corrected chi connectivity index (χ2v) is 10.0. The number of hydrogen-bond acceptors (Lipinski definition) is 8. The standard InChI is InChI=1S/C22H38ClN7O2/c1-4-13(5-2)16-8-18(32-15-6-7-29(3)12-15)17(10-25-16)27-22(31)19-20(24)28-30-11-14(23)9-26-21(19)30/h9,11,13,15-21,25,28H,4-8,10,12,24H2,1-3H3,(H,27,31)/t15-,16?,17?,18?,19?,20?,21?/m0/s1. The lowest BCUT2D eigenvalue weighted by Gasteiger charge is -2.41. The zero-order valence-electron chi connectivity index (χ0n) is 19.3. The summed E-state index contributed by atoms with van der Waals surface area (Å²) in [7, 11) is 2.13. The third-order valence-electron chi connectivity index (χ3n) is 7.40. The van der Waals surface area contributed by atoms with E-state index in [-0.39, 0.29) is 24.2 Å². The first-order chi connectivity index (χ1) is 15.4. The van der Waals surface area contributed by atoms with Crippen molar-refractivity contribution < 1.29 is 9.53 Å². The summed E-state index contributed by atoms with van der Waals surface area (Å²) in [5.74, 6) is -0.00795. The quantitative estimate of drug-likeness (QED) is 0.433. The van der Waals surface area contributed by atoms with Crippen LogP contribution in [-0.4, -0.2) is 85.3 Å². The molecule has 4 rings (SSSR count). The number of hydrogen-bond donors (Lipinski definition) is 4. The van der Waals surface area contributed by atoms with Gasteiger partial charge in [-0.05, 0) is 25.8 Å². The van der Waals surface area contributed by atoms with Crippen LogP contribution in [0.4, 0.5) is 0 Å². The lowest BCUT2D eigenvalue weighted by Crippen LogP contribution is -2.61. The zero-order valence-corrected chi connectivity index (χ0v) is 20.1. The maximum atomic E-state index is 13.3. The molecule has 3 fully saturated rings. The fourth-order valence-electron chi connectivity index (χ4n) is 5.53. The fraction of sp³-hybridized carbons (Fsp3) is 0.818. The van der Waals surface area contributed by atoms with E-state index in [9.17, 15) is 4.79 Å². The van der Waals surface area contributed by atoms with Gasteiger partial charge in [0.05, 0.1) is 29.4 Å². The molecular formula is C22H38ClN7O2. The SMILES string of the molecule is CCC(CC)C1CC(O[C@H]2CCN(C)C2)C(NC(=O)C2C(N)NN3C=C(Cl)C=NC23)CN1. The molecule has 10 heteroatoms. The van der Waals surface area contributed by atoms with Crippen LogP contribution in [0.2, 0.25) is 0 Å². The number of rotatable bonds is 7. The molecule has 3 saturated heterocycles. The Kier molecular flexibility index (Phi) is 7.74. The van der Waals surface area contributed by atoms with Gasteiger partial charge in [0, 0.05) is 38.1 Å². The number of halogens is 1. The predicted octanol–water partition coefficient (Wildman–Crippen LogP) is 0.571. The minimum atomic E-state index is -0.535. The van der Waals surface area contributed by atoms with Crippen LogP contribution in [0, 0.1) is 11.8 Å². The van der Waals surface area contributed by atoms with E-state index in [0.717, 1.165) is 38.8 Å². The van der Waals surface area contributed by atoms with Crippen molar-refractivity contribution in [3.63, 3.8) is 0 Å². The van der Waals surface area contributed by atoms with Gasteiger partial charge in [0.1, 0.15) is 12.1 Å². The fourth-order valence-corrected chi connectivity index (χ4v) is 5.69. The number of fused-ring (bicyclic) bond motifs is 1. The number of carbonyl (C=O) groups is 1. The molecular weight excluding hydrogens is 430 g/mol. The first-order valence-electron chi connectivity index (χ1n) is 12.0. The largest absolute Gasteiger partial charge is 0.371 e. The van der Waals surface area contributed by atoms with E-state index >= 15 is 0 Å². The summed E-state index contributed by atoms with van der Waals surface area (Å²) in [6.07, 6.45) is 6.77. The summed E-state index contributed by atoms with van der Waals surface area (Å²) >= 11 is 6.05. The molecule has 4 aliphatic heterocycles. The van der Waals surface area contributed by atoms with Gasteiger partial charge in [-0.3, -0.25) is 14.8 Å². The molecule has 6 unspecified atom stereocenters. The number of hydrazine groups is 1. The Morgan fingerprint density at radius 3 is 2.91 bits per heavy atom. The second kappa shape index (κ2) is 10.4. The normalized spacial score (nSPS) is 37.6. The van der Waals surface area contributed by atoms with Gasteiger partial charge in [-0.1, -0.05) is 38.3 Å². The number of amides is 1. The van der Waals surface area contributed by atoms with Crippen LogP contribution in [0.1, 0.15) is 39.5 Å². The molecule has 4 heterocycles. The van der Waals surface area contributed by atoms with Crippen LogP contribution in [0.25, 0.3) is 0 Å². The molecule has 0 aliphatic carbocycles. The Labute approximate surface area is 196 Å². The van der Waals surface area contributed by atoms with E-state index in [0.29, 0.717) is 23.5 Å². The number of nitrogens with zero attached hydrogens (tertiary/aromatic N) is 3. The molecule has 7 atom stereocenters. The van der Waals surface area contributed by atoms with Crippen molar-refractivity contribution in [1.29, 1.82) is 0 Å². The molecule has 0 aromatic rings. The lowest BCUT2D eigenvalue weighted by atomic mass is 9.85. The minimum Gasteiger partial charge on any atom is -0.371 e. The number of ether oxygens (including phenoxy) is 1. The molecule has 1 amide bonds. The van der Waals surface area contributed by atoms with E-state index in [1.807, 2.05) is 0 Å². The van der Waals surface area contributed by atoms with E-state index in [1.165, 1.54) is 0 Å². The summed E-state index contributed by atoms with van der Waals surface area (Å²) in [5.41, 5.74) is 9.35. The average Bonchev–Trinajstić information content (AvgIpc) is 3.31. The summed E-state index contributed by atoms with van der Waals surface area (Å²) in [5, 5.41) is 9.16. The maximum absolute atomic E-state index is 13.3. The molecule has 0 aromatic carbocycles. The topological polar surface area (TPSA) is 107 Å². The molecule has 0 saturated carbocycles. The van der Waals surface area contributed by atoms with Crippen molar-refractivity contribution >= 4 is 23.7 Å². The number of nitrogens with one attached hydrogen (secondary N) is 3. The number of likely N-dealkylation sites (N-methyl/N-ethyl adjacent to an activating group) is 1. The monoisotopic (exact) mass is 467 g/mol. The van der Waals surface area contributed by atoms with Crippen LogP contribution in [-0.2, 0) is 9.53 Å². The van der Waals surface area contributed by atoms with Crippen LogP contribution in [0.3, 0.4) is 0 Å². The van der Waals surface area contributed by atoms with Crippen LogP contribution < -0.4 is 21.8 Å². The Morgan fingerprint density at radius 2 is 2.22 bits per heavy atom. The summed E-state index contributed by atoms with van der Waals surface area (Å²) < 4.78 is 6.61. The number of likely N-dealkylation sites (tertiary alicyclic amines) is 1. The van der Waals surface area contributed by atoms with Gasteiger partial charge in [0.2, 0.25) is 5.91 Å². The molecule has 4 aliphatic rings. The van der Waals surface area contributed by atoms with Crippen molar-refractivity contribution in [2.75, 3.05) is 26.7 Å². The highest BCUT2D eigenvalue weighted by molar-refractivity contribution is 6.39. The van der Waals surface area contributed by atoms with Crippen molar-refractivity contribution in [3.8, 4) is 0 Å². The summed E-state index contributed by atoms with van der Waals surface area (Å²) in [6, 6.07) is 0.301. The Hall–Kier alpha value is -1.23. The average molecular weight is 468 g/mol. The highest BCUT2D eigenvalue weighted by Gasteiger charge is 2.46. The molecule has 0 radical (unpaired) electrons. The first kappa shape index (κ1) is 23.9. The Morgan fingerprint density at radius 1 is 1.44 bits per heavy atom. The van der Waals surface area contributed by atoms with Crippen molar-refractivity contribution in [3.05, 3.63) is 11.2 Å². The number of carbonyl (C=O) groups excluding carboxylic acids is 1. The van der Waals surface area contributed by atoms with Crippen molar-refractivity contribution in [1.82, 2.24) is 26.0 Å². The minimum absolute atomic E-state index is 0.0202. The third-order valence-corrected chi connectivity index (χ3v) is 7.60. The molecule has 0 aromatic heterocycles. The van der Waals surface area contributed by atoms with Gasteiger partial charge >= 0.3 is 0 Å². The van der Waals surface area contributed by atoms with Gasteiger partial charge in [-0.25, -0.2) is 5.43 Å². The molecule has 0 spiro atoms. The number of aliphatic imine (C=N–C) groups is 1. The number of nitrogens with two attached hydrogens (primary N) is 1. The van der Waals surface area contributed by atoms with E-state index in [4.69, 9.17) is 22.1 Å². The first-order valence-corrected chi connectivity index (χ1v) is 12.4. The zero-order chi connectivity index (χ0) is 22.8. The summed E-state index contributed by atoms with van der Waals surface area (Å²) in [6.45, 7) is 7.18. The van der Waals surface area contributed by atoms with E-state index in [2.05, 4.69) is 46.8 Å². The van der Waals surface area contributed by atoms with Gasteiger partial charge in [0.25, 0.3) is 0 Å². The molecule has 32 heavy (non-hydrogen) atoms. The van der Waals surface area contributed by atoms with Gasteiger partial charge in [-0.2, -0.15) is 0 Å². The Balaban J connectivity index is 1.44. The van der Waals surface area contributed by atoms with E-state index in [1.54, 1.807) is 17.4 Å². The van der Waals surface area contributed by atoms with Crippen LogP contribution in [0.5, 0.6) is 0 Å². The van der Waals surface area contributed by atoms with Gasteiger partial charge in [-0.15, -0.1) is 0 Å². The molecule has 9 nitrogen and oxygen atoms in total. The maximum Gasteiger partial charge on any atom is 0.230 e. The predicted molar refractivity (Wildman–Crippen MR) is 126 cm³/mol. The highest BCUT2D eigenvalue weighted by atomic mass is 35.5. The van der Waals surface area contributed by atoms with Crippen molar-refractivity contribution in [2.24, 2.45) is 22.6 Å². The number of piperidine rings is 1. The highest BCUT2D eigenvalue weighted by Crippen LogP contribution is 2.28. The smallest absolute Gasteiger partial charge is 0.230 e. The van der Waals surface area contributed by atoms with E-state index < -0.39 is 18.2 Å². The van der Waals surface area contributed by atoms with Crippen LogP contribution >= 0.6 is 11.6 Å². The molecule has 0 bridgehead atoms. The molecule has 180 valence electrons.